The average molecular weight is 396 g/mol. The summed E-state index contributed by atoms with van der Waals surface area (Å²) in [4.78, 5) is 1.45. The maximum absolute atomic E-state index is 6.13. The predicted octanol–water partition coefficient (Wildman–Crippen LogP) is 3.94. The van der Waals surface area contributed by atoms with E-state index in [0.29, 0.717) is 0 Å². The molecule has 2 N–H and O–H groups in total. The van der Waals surface area contributed by atoms with Crippen molar-refractivity contribution in [1.29, 1.82) is 0 Å². The van der Waals surface area contributed by atoms with Crippen molar-refractivity contribution < 1.29 is 0 Å². The summed E-state index contributed by atoms with van der Waals surface area (Å²) in [5, 5.41) is 2.24. The molecule has 0 aliphatic heterocycles. The van der Waals surface area contributed by atoms with Gasteiger partial charge in [0, 0.05) is 0 Å². The van der Waals surface area contributed by atoms with Crippen molar-refractivity contribution in [1.82, 2.24) is 0 Å². The fourth-order valence-electron chi connectivity index (χ4n) is 2.05. The van der Waals surface area contributed by atoms with E-state index in [9.17, 15) is 0 Å². The van der Waals surface area contributed by atoms with E-state index in [2.05, 4.69) is 57.0 Å². The zero-order valence-corrected chi connectivity index (χ0v) is 16.5. The summed E-state index contributed by atoms with van der Waals surface area (Å²) in [6, 6.07) is 2.57. The number of rotatable bonds is 7. The van der Waals surface area contributed by atoms with Crippen LogP contribution in [-0.2, 0) is 0 Å². The molecule has 0 aromatic carbocycles. The third kappa shape index (κ3) is 3.81. The second-order valence-electron chi connectivity index (χ2n) is 3.96. The molecule has 0 aliphatic rings. The van der Waals surface area contributed by atoms with Gasteiger partial charge in [-0.2, -0.15) is 0 Å². The Labute approximate surface area is 119 Å². The molecule has 0 radical (unpaired) electrons. The fourth-order valence-corrected chi connectivity index (χ4v) is 34.9. The van der Waals surface area contributed by atoms with Crippen LogP contribution in [-0.4, -0.2) is 27.1 Å². The van der Waals surface area contributed by atoms with E-state index in [-0.39, 0.29) is 6.04 Å². The summed E-state index contributed by atoms with van der Waals surface area (Å²) in [6.45, 7) is 9.08. The van der Waals surface area contributed by atoms with Gasteiger partial charge in [0.1, 0.15) is 0 Å². The summed E-state index contributed by atoms with van der Waals surface area (Å²) in [6.07, 6.45) is 0. The molecule has 1 rings (SSSR count). The summed E-state index contributed by atoms with van der Waals surface area (Å²) in [5.41, 5.74) is 6.13. The van der Waals surface area contributed by atoms with Crippen LogP contribution >= 0.6 is 29.2 Å². The van der Waals surface area contributed by atoms with Gasteiger partial charge in [-0.25, -0.2) is 0 Å². The van der Waals surface area contributed by atoms with Crippen molar-refractivity contribution in [3.8, 4) is 0 Å². The second-order valence-corrected chi connectivity index (χ2v) is 30.5. The van der Waals surface area contributed by atoms with Crippen LogP contribution in [0.2, 0.25) is 4.44 Å². The first-order valence-electron chi connectivity index (χ1n) is 6.22. The molecule has 0 saturated heterocycles. The molecule has 1 aromatic heterocycles. The molecule has 1 nitrogen and oxygen atoms in total. The van der Waals surface area contributed by atoms with E-state index >= 15 is 0 Å². The third-order valence-corrected chi connectivity index (χ3v) is 36.6. The molecule has 1 unspecified atom stereocenters. The Bertz CT molecular complexity index is 332. The van der Waals surface area contributed by atoms with Gasteiger partial charge in [-0.05, 0) is 0 Å². The van der Waals surface area contributed by atoms with Gasteiger partial charge in [0.2, 0.25) is 0 Å². The van der Waals surface area contributed by atoms with Gasteiger partial charge >= 0.3 is 120 Å². The molecule has 0 aliphatic carbocycles. The van der Waals surface area contributed by atoms with Crippen LogP contribution in [0.1, 0.15) is 38.6 Å². The molecule has 1 heterocycles. The topological polar surface area (TPSA) is 26.0 Å². The van der Waals surface area contributed by atoms with Crippen molar-refractivity contribution >= 4 is 48.4 Å². The number of hydrogen-bond acceptors (Lipinski definition) is 4. The maximum atomic E-state index is 6.13. The van der Waals surface area contributed by atoms with Gasteiger partial charge in [0.25, 0.3) is 0 Å². The number of hydrogen-bond donors (Lipinski definition) is 1. The summed E-state index contributed by atoms with van der Waals surface area (Å²) < 4.78 is 3.03. The zero-order valence-electron chi connectivity index (χ0n) is 11.2. The van der Waals surface area contributed by atoms with Crippen molar-refractivity contribution in [2.75, 3.05) is 11.5 Å². The van der Waals surface area contributed by atoms with Crippen LogP contribution in [0, 0.1) is 0 Å². The van der Waals surface area contributed by atoms with Gasteiger partial charge in [-0.15, -0.1) is 0 Å². The minimum absolute atomic E-state index is 0.197. The quantitative estimate of drug-likeness (QED) is 0.708. The minimum atomic E-state index is -2.28. The first-order chi connectivity index (χ1) is 8.11. The van der Waals surface area contributed by atoms with Gasteiger partial charge < -0.3 is 0 Å². The van der Waals surface area contributed by atoms with Crippen LogP contribution in [0.4, 0.5) is 0 Å². The van der Waals surface area contributed by atoms with Crippen molar-refractivity contribution in [3.05, 3.63) is 16.3 Å². The number of thiophene rings is 1. The van der Waals surface area contributed by atoms with E-state index in [1.807, 2.05) is 11.3 Å². The summed E-state index contributed by atoms with van der Waals surface area (Å²) in [7, 11) is 4.52. The Hall–Kier alpha value is 1.16. The van der Waals surface area contributed by atoms with Crippen LogP contribution < -0.4 is 9.31 Å². The Morgan fingerprint density at radius 2 is 1.88 bits per heavy atom. The van der Waals surface area contributed by atoms with Crippen LogP contribution in [0.25, 0.3) is 0 Å². The van der Waals surface area contributed by atoms with E-state index in [0.717, 1.165) is 0 Å². The molecular weight excluding hydrogens is 373 g/mol. The van der Waals surface area contributed by atoms with Crippen molar-refractivity contribution in [2.45, 2.75) is 38.2 Å². The Morgan fingerprint density at radius 3 is 2.29 bits per heavy atom. The standard InChI is InChI=1S/C6H8NS.2C2H6S.C2H5.Sn/c1-5(7)6-3-2-4-8-6;2*1-2-3;1-2;/h2,4-5H,7H2,1H3;2*3H,2H2,1H3;1H2,2H3;/q;;;;+2/p-2. The molecule has 0 bridgehead atoms. The average Bonchev–Trinajstić information content (AvgIpc) is 2.78. The van der Waals surface area contributed by atoms with E-state index in [4.69, 9.17) is 5.73 Å². The molecule has 0 spiro atoms. The second kappa shape index (κ2) is 7.68. The Balaban J connectivity index is 3.15. The number of nitrogens with two attached hydrogens (primary N) is 1. The van der Waals surface area contributed by atoms with Gasteiger partial charge in [-0.1, -0.05) is 0 Å². The van der Waals surface area contributed by atoms with Crippen LogP contribution in [0.5, 0.6) is 0 Å². The molecule has 1 aromatic rings. The fraction of sp³-hybridized carbons (Fsp3) is 0.667. The molecule has 5 heteroatoms. The first-order valence-corrected chi connectivity index (χ1v) is 19.5. The SMILES string of the molecule is CC[S][Sn]([CH2]C)([S]CC)[c]1ccsc1C(C)N. The summed E-state index contributed by atoms with van der Waals surface area (Å²) >= 11 is -0.423. The molecule has 0 amide bonds. The molecule has 0 saturated carbocycles. The molecule has 1 atom stereocenters. The van der Waals surface area contributed by atoms with Crippen molar-refractivity contribution in [2.24, 2.45) is 5.73 Å². The third-order valence-electron chi connectivity index (χ3n) is 2.74. The first kappa shape index (κ1) is 16.2. The molecular formula is C12H23NS3Sn. The van der Waals surface area contributed by atoms with Gasteiger partial charge in [0.05, 0.1) is 0 Å². The van der Waals surface area contributed by atoms with E-state index in [1.165, 1.54) is 20.8 Å². The van der Waals surface area contributed by atoms with Gasteiger partial charge in [-0.3, -0.25) is 0 Å². The van der Waals surface area contributed by atoms with E-state index in [1.54, 1.807) is 3.58 Å². The van der Waals surface area contributed by atoms with Crippen LogP contribution in [0.15, 0.2) is 11.4 Å². The van der Waals surface area contributed by atoms with E-state index < -0.39 is 15.6 Å². The normalized spacial score (nSPS) is 13.9. The Morgan fingerprint density at radius 1 is 1.29 bits per heavy atom. The predicted molar refractivity (Wildman–Crippen MR) is 89.1 cm³/mol. The Kier molecular flexibility index (Phi) is 7.32. The van der Waals surface area contributed by atoms with Crippen molar-refractivity contribution in [3.63, 3.8) is 0 Å². The monoisotopic (exact) mass is 397 g/mol. The molecule has 98 valence electrons. The van der Waals surface area contributed by atoms with Crippen LogP contribution in [0.3, 0.4) is 0 Å². The molecule has 17 heavy (non-hydrogen) atoms. The molecule has 0 fully saturated rings. The van der Waals surface area contributed by atoms with Gasteiger partial charge in [0.15, 0.2) is 0 Å². The zero-order chi connectivity index (χ0) is 12.9. The summed E-state index contributed by atoms with van der Waals surface area (Å²) in [5.74, 6) is 2.48.